The molecule has 0 aliphatic carbocycles. The molecule has 4 aromatic rings. The van der Waals surface area contributed by atoms with Crippen molar-refractivity contribution in [1.29, 1.82) is 0 Å². The second-order valence-electron chi connectivity index (χ2n) is 4.84. The van der Waals surface area contributed by atoms with E-state index in [9.17, 15) is 0 Å². The summed E-state index contributed by atoms with van der Waals surface area (Å²) >= 11 is 0. The van der Waals surface area contributed by atoms with Crippen LogP contribution in [0.25, 0.3) is 33.3 Å². The fourth-order valence-corrected chi connectivity index (χ4v) is 2.50. The number of H-pyrrole nitrogens is 1. The average Bonchev–Trinajstić information content (AvgIpc) is 2.97. The highest BCUT2D eigenvalue weighted by Gasteiger charge is 2.13. The van der Waals surface area contributed by atoms with Crippen LogP contribution >= 0.6 is 0 Å². The number of ether oxygens (including phenoxy) is 1. The van der Waals surface area contributed by atoms with Gasteiger partial charge in [0.05, 0.1) is 29.2 Å². The van der Waals surface area contributed by atoms with Crippen LogP contribution in [-0.4, -0.2) is 22.1 Å². The molecule has 4 nitrogen and oxygen atoms in total. The molecule has 2 aromatic heterocycles. The van der Waals surface area contributed by atoms with Gasteiger partial charge in [-0.15, -0.1) is 0 Å². The quantitative estimate of drug-likeness (QED) is 0.605. The van der Waals surface area contributed by atoms with Gasteiger partial charge >= 0.3 is 0 Å². The maximum Gasteiger partial charge on any atom is 0.224 e. The fraction of sp³-hybridized carbons (Fsp3) is 0.0588. The van der Waals surface area contributed by atoms with Crippen molar-refractivity contribution < 1.29 is 4.74 Å². The van der Waals surface area contributed by atoms with Crippen LogP contribution in [0.4, 0.5) is 0 Å². The summed E-state index contributed by atoms with van der Waals surface area (Å²) < 4.78 is 5.43. The average molecular weight is 275 g/mol. The van der Waals surface area contributed by atoms with Crippen LogP contribution in [0.2, 0.25) is 0 Å². The molecule has 0 unspecified atom stereocenters. The molecule has 21 heavy (non-hydrogen) atoms. The summed E-state index contributed by atoms with van der Waals surface area (Å²) in [6, 6.07) is 18.0. The molecular formula is C17H13N3O. The van der Waals surface area contributed by atoms with Crippen LogP contribution in [0.1, 0.15) is 0 Å². The van der Waals surface area contributed by atoms with Gasteiger partial charge in [0.25, 0.3) is 0 Å². The lowest BCUT2D eigenvalue weighted by molar-refractivity contribution is 0.401. The number of methoxy groups -OCH3 is 1. The predicted molar refractivity (Wildman–Crippen MR) is 83.4 cm³/mol. The number of nitrogens with zero attached hydrogens (tertiary/aromatic N) is 2. The van der Waals surface area contributed by atoms with Crippen molar-refractivity contribution >= 4 is 21.9 Å². The molecule has 0 aliphatic heterocycles. The van der Waals surface area contributed by atoms with Crippen molar-refractivity contribution in [3.05, 3.63) is 54.6 Å². The highest BCUT2D eigenvalue weighted by atomic mass is 16.5. The number of imidazole rings is 1. The van der Waals surface area contributed by atoms with Crippen molar-refractivity contribution in [1.82, 2.24) is 15.0 Å². The topological polar surface area (TPSA) is 50.8 Å². The highest BCUT2D eigenvalue weighted by Crippen LogP contribution is 2.30. The molecule has 0 amide bonds. The van der Waals surface area contributed by atoms with Crippen molar-refractivity contribution in [2.24, 2.45) is 0 Å². The minimum Gasteiger partial charge on any atom is -0.480 e. The van der Waals surface area contributed by atoms with E-state index >= 15 is 0 Å². The Balaban J connectivity index is 1.99. The van der Waals surface area contributed by atoms with Crippen molar-refractivity contribution in [3.63, 3.8) is 0 Å². The fourth-order valence-electron chi connectivity index (χ4n) is 2.50. The van der Waals surface area contributed by atoms with Gasteiger partial charge in [0.1, 0.15) is 5.82 Å². The molecule has 0 radical (unpaired) electrons. The number of hydrogen-bond acceptors (Lipinski definition) is 3. The normalized spacial score (nSPS) is 11.1. The SMILES string of the molecule is COc1nc2ccccc2cc1-c1nc2ccccc2[nH]1. The van der Waals surface area contributed by atoms with E-state index < -0.39 is 0 Å². The first kappa shape index (κ1) is 11.9. The van der Waals surface area contributed by atoms with Crippen LogP contribution in [0, 0.1) is 0 Å². The van der Waals surface area contributed by atoms with E-state index in [-0.39, 0.29) is 0 Å². The second-order valence-corrected chi connectivity index (χ2v) is 4.84. The third kappa shape index (κ3) is 1.92. The number of nitrogens with one attached hydrogen (secondary N) is 1. The van der Waals surface area contributed by atoms with E-state index in [1.807, 2.05) is 48.5 Å². The van der Waals surface area contributed by atoms with E-state index in [1.165, 1.54) is 0 Å². The zero-order valence-electron chi connectivity index (χ0n) is 11.5. The predicted octanol–water partition coefficient (Wildman–Crippen LogP) is 3.79. The third-order valence-corrected chi connectivity index (χ3v) is 3.53. The van der Waals surface area contributed by atoms with E-state index in [0.29, 0.717) is 5.88 Å². The minimum absolute atomic E-state index is 0.577. The number of aromatic amines is 1. The molecular weight excluding hydrogens is 262 g/mol. The molecule has 0 aliphatic rings. The van der Waals surface area contributed by atoms with Gasteiger partial charge in [0, 0.05) is 5.39 Å². The second kappa shape index (κ2) is 4.59. The molecule has 4 heteroatoms. The number of pyridine rings is 1. The van der Waals surface area contributed by atoms with Gasteiger partial charge in [-0.2, -0.15) is 0 Å². The molecule has 2 aromatic carbocycles. The first-order chi connectivity index (χ1) is 10.3. The molecule has 0 spiro atoms. The Bertz CT molecular complexity index is 910. The maximum absolute atomic E-state index is 5.43. The first-order valence-electron chi connectivity index (χ1n) is 6.74. The maximum atomic E-state index is 5.43. The molecule has 102 valence electrons. The van der Waals surface area contributed by atoms with Gasteiger partial charge in [-0.3, -0.25) is 0 Å². The molecule has 0 bridgehead atoms. The van der Waals surface area contributed by atoms with Crippen molar-refractivity contribution in [3.8, 4) is 17.3 Å². The summed E-state index contributed by atoms with van der Waals surface area (Å²) in [7, 11) is 1.63. The third-order valence-electron chi connectivity index (χ3n) is 3.53. The summed E-state index contributed by atoms with van der Waals surface area (Å²) in [5.74, 6) is 1.35. The number of fused-ring (bicyclic) bond motifs is 2. The van der Waals surface area contributed by atoms with Crippen molar-refractivity contribution in [2.45, 2.75) is 0 Å². The number of benzene rings is 2. The van der Waals surface area contributed by atoms with E-state index in [4.69, 9.17) is 4.74 Å². The van der Waals surface area contributed by atoms with Gasteiger partial charge in [0.15, 0.2) is 0 Å². The Kier molecular flexibility index (Phi) is 2.60. The van der Waals surface area contributed by atoms with E-state index in [1.54, 1.807) is 7.11 Å². The summed E-state index contributed by atoms with van der Waals surface area (Å²) in [4.78, 5) is 12.5. The zero-order valence-corrected chi connectivity index (χ0v) is 11.5. The number of aromatic nitrogens is 3. The van der Waals surface area contributed by atoms with Gasteiger partial charge in [0.2, 0.25) is 5.88 Å². The Labute approximate surface area is 121 Å². The molecule has 4 rings (SSSR count). The van der Waals surface area contributed by atoms with Crippen LogP contribution in [0.5, 0.6) is 5.88 Å². The number of rotatable bonds is 2. The standard InChI is InChI=1S/C17H13N3O/c1-21-17-12(10-11-6-2-3-7-13(11)20-17)16-18-14-8-4-5-9-15(14)19-16/h2-10H,1H3,(H,18,19). The van der Waals surface area contributed by atoms with E-state index in [0.717, 1.165) is 33.3 Å². The van der Waals surface area contributed by atoms with Crippen LogP contribution in [-0.2, 0) is 0 Å². The molecule has 0 fully saturated rings. The van der Waals surface area contributed by atoms with Gasteiger partial charge < -0.3 is 9.72 Å². The molecule has 0 atom stereocenters. The lowest BCUT2D eigenvalue weighted by atomic mass is 10.1. The summed E-state index contributed by atoms with van der Waals surface area (Å²) in [5, 5.41) is 1.06. The highest BCUT2D eigenvalue weighted by molar-refractivity contribution is 5.87. The lowest BCUT2D eigenvalue weighted by Gasteiger charge is -2.07. The van der Waals surface area contributed by atoms with Gasteiger partial charge in [-0.25, -0.2) is 9.97 Å². The first-order valence-corrected chi connectivity index (χ1v) is 6.74. The Morgan fingerprint density at radius 1 is 0.905 bits per heavy atom. The van der Waals surface area contributed by atoms with Crippen molar-refractivity contribution in [2.75, 3.05) is 7.11 Å². The lowest BCUT2D eigenvalue weighted by Crippen LogP contribution is -1.93. The number of para-hydroxylation sites is 3. The molecule has 1 N–H and O–H groups in total. The zero-order chi connectivity index (χ0) is 14.2. The van der Waals surface area contributed by atoms with E-state index in [2.05, 4.69) is 21.0 Å². The Morgan fingerprint density at radius 2 is 1.67 bits per heavy atom. The Hall–Kier alpha value is -2.88. The molecule has 0 saturated heterocycles. The van der Waals surface area contributed by atoms with Gasteiger partial charge in [-0.05, 0) is 24.3 Å². The summed E-state index contributed by atoms with van der Waals surface area (Å²) in [6.07, 6.45) is 0. The van der Waals surface area contributed by atoms with Gasteiger partial charge in [-0.1, -0.05) is 30.3 Å². The molecule has 0 saturated carbocycles. The minimum atomic E-state index is 0.577. The summed E-state index contributed by atoms with van der Waals surface area (Å²) in [6.45, 7) is 0. The largest absolute Gasteiger partial charge is 0.480 e. The Morgan fingerprint density at radius 3 is 2.48 bits per heavy atom. The molecule has 2 heterocycles. The summed E-state index contributed by atoms with van der Waals surface area (Å²) in [5.41, 5.74) is 3.71. The number of hydrogen-bond donors (Lipinski definition) is 1. The van der Waals surface area contributed by atoms with Crippen LogP contribution in [0.15, 0.2) is 54.6 Å². The van der Waals surface area contributed by atoms with Crippen LogP contribution in [0.3, 0.4) is 0 Å². The monoisotopic (exact) mass is 275 g/mol. The smallest absolute Gasteiger partial charge is 0.224 e. The van der Waals surface area contributed by atoms with Crippen LogP contribution < -0.4 is 4.74 Å².